The van der Waals surface area contributed by atoms with Crippen LogP contribution in [0.3, 0.4) is 0 Å². The summed E-state index contributed by atoms with van der Waals surface area (Å²) in [6.45, 7) is 0. The smallest absolute Gasteiger partial charge is 0.123 e. The third-order valence-corrected chi connectivity index (χ3v) is 3.89. The summed E-state index contributed by atoms with van der Waals surface area (Å²) >= 11 is 11.8. The maximum absolute atomic E-state index is 13.4. The van der Waals surface area contributed by atoms with Gasteiger partial charge in [0.1, 0.15) is 11.6 Å². The van der Waals surface area contributed by atoms with Crippen LogP contribution in [0.2, 0.25) is 10.0 Å². The van der Waals surface area contributed by atoms with E-state index in [1.54, 1.807) is 18.2 Å². The fourth-order valence-corrected chi connectivity index (χ4v) is 2.43. The van der Waals surface area contributed by atoms with E-state index in [1.807, 2.05) is 0 Å². The third-order valence-electron chi connectivity index (χ3n) is 3.15. The van der Waals surface area contributed by atoms with Crippen LogP contribution in [0, 0.1) is 17.1 Å². The maximum atomic E-state index is 13.4. The van der Waals surface area contributed by atoms with Gasteiger partial charge in [-0.2, -0.15) is 5.26 Å². The first kappa shape index (κ1) is 15.6. The van der Waals surface area contributed by atoms with E-state index in [1.165, 1.54) is 25.3 Å². The van der Waals surface area contributed by atoms with E-state index in [0.29, 0.717) is 27.8 Å². The summed E-state index contributed by atoms with van der Waals surface area (Å²) in [4.78, 5) is 0. The van der Waals surface area contributed by atoms with Crippen molar-refractivity contribution in [2.45, 2.75) is 12.3 Å². The van der Waals surface area contributed by atoms with Gasteiger partial charge in [0.2, 0.25) is 0 Å². The molecule has 0 spiro atoms. The lowest BCUT2D eigenvalue weighted by atomic mass is 9.92. The Labute approximate surface area is 132 Å². The molecule has 0 amide bonds. The highest BCUT2D eigenvalue weighted by atomic mass is 35.5. The molecule has 1 unspecified atom stereocenters. The molecule has 0 aliphatic rings. The predicted octanol–water partition coefficient (Wildman–Crippen LogP) is 4.99. The quantitative estimate of drug-likeness (QED) is 0.794. The average molecular weight is 324 g/mol. The van der Waals surface area contributed by atoms with E-state index in [-0.39, 0.29) is 0 Å². The van der Waals surface area contributed by atoms with Crippen molar-refractivity contribution >= 4 is 23.2 Å². The largest absolute Gasteiger partial charge is 0.496 e. The summed E-state index contributed by atoms with van der Waals surface area (Å²) in [5, 5.41) is 10.3. The Hall–Kier alpha value is -1.76. The summed E-state index contributed by atoms with van der Waals surface area (Å²) in [7, 11) is 1.49. The van der Waals surface area contributed by atoms with Crippen molar-refractivity contribution in [3.63, 3.8) is 0 Å². The van der Waals surface area contributed by atoms with E-state index >= 15 is 0 Å². The Morgan fingerprint density at radius 2 is 1.95 bits per heavy atom. The van der Waals surface area contributed by atoms with Crippen LogP contribution in [0.5, 0.6) is 5.75 Å². The van der Waals surface area contributed by atoms with Crippen molar-refractivity contribution < 1.29 is 9.13 Å². The molecule has 21 heavy (non-hydrogen) atoms. The Morgan fingerprint density at radius 1 is 1.19 bits per heavy atom. The van der Waals surface area contributed by atoms with E-state index in [9.17, 15) is 9.65 Å². The summed E-state index contributed by atoms with van der Waals surface area (Å²) in [5.74, 6) is -0.448. The lowest BCUT2D eigenvalue weighted by Gasteiger charge is -2.14. The molecule has 0 aliphatic carbocycles. The molecule has 2 rings (SSSR count). The molecule has 0 aromatic heterocycles. The SMILES string of the molecule is COc1ccc(F)cc1C(C#N)Cc1ccc(Cl)c(Cl)c1. The number of nitriles is 1. The molecular formula is C16H12Cl2FNO. The highest BCUT2D eigenvalue weighted by Gasteiger charge is 2.18. The Kier molecular flexibility index (Phi) is 5.06. The van der Waals surface area contributed by atoms with Gasteiger partial charge in [0, 0.05) is 5.56 Å². The highest BCUT2D eigenvalue weighted by Crippen LogP contribution is 2.31. The first-order chi connectivity index (χ1) is 10.0. The zero-order valence-electron chi connectivity index (χ0n) is 11.2. The molecule has 0 aliphatic heterocycles. The molecule has 0 heterocycles. The Morgan fingerprint density at radius 3 is 2.57 bits per heavy atom. The van der Waals surface area contributed by atoms with Crippen molar-refractivity contribution in [1.29, 1.82) is 5.26 Å². The van der Waals surface area contributed by atoms with Gasteiger partial charge in [-0.3, -0.25) is 0 Å². The molecule has 2 aromatic carbocycles. The predicted molar refractivity (Wildman–Crippen MR) is 81.5 cm³/mol. The number of benzene rings is 2. The zero-order chi connectivity index (χ0) is 15.4. The minimum atomic E-state index is -0.534. The molecular weight excluding hydrogens is 312 g/mol. The van der Waals surface area contributed by atoms with Crippen LogP contribution < -0.4 is 4.74 Å². The summed E-state index contributed by atoms with van der Waals surface area (Å²) in [6, 6.07) is 11.5. The highest BCUT2D eigenvalue weighted by molar-refractivity contribution is 6.42. The van der Waals surface area contributed by atoms with Crippen LogP contribution in [-0.2, 0) is 6.42 Å². The molecule has 0 bridgehead atoms. The van der Waals surface area contributed by atoms with E-state index < -0.39 is 11.7 Å². The van der Waals surface area contributed by atoms with Crippen LogP contribution in [0.15, 0.2) is 36.4 Å². The van der Waals surface area contributed by atoms with Crippen LogP contribution in [-0.4, -0.2) is 7.11 Å². The second kappa shape index (κ2) is 6.80. The van der Waals surface area contributed by atoms with Gasteiger partial charge < -0.3 is 4.74 Å². The van der Waals surface area contributed by atoms with Crippen LogP contribution in [0.1, 0.15) is 17.0 Å². The number of hydrogen-bond donors (Lipinski definition) is 0. The number of methoxy groups -OCH3 is 1. The molecule has 0 N–H and O–H groups in total. The molecule has 2 nitrogen and oxygen atoms in total. The summed E-state index contributed by atoms with van der Waals surface area (Å²) in [5.41, 5.74) is 1.37. The summed E-state index contributed by atoms with van der Waals surface area (Å²) in [6.07, 6.45) is 0.396. The number of hydrogen-bond acceptors (Lipinski definition) is 2. The molecule has 0 fully saturated rings. The first-order valence-electron chi connectivity index (χ1n) is 6.22. The van der Waals surface area contributed by atoms with Crippen molar-refractivity contribution in [2.24, 2.45) is 0 Å². The van der Waals surface area contributed by atoms with E-state index in [2.05, 4.69) is 6.07 Å². The van der Waals surface area contributed by atoms with E-state index in [4.69, 9.17) is 27.9 Å². The fourth-order valence-electron chi connectivity index (χ4n) is 2.10. The lowest BCUT2D eigenvalue weighted by Crippen LogP contribution is -2.04. The minimum Gasteiger partial charge on any atom is -0.496 e. The van der Waals surface area contributed by atoms with Gasteiger partial charge in [-0.15, -0.1) is 0 Å². The normalized spacial score (nSPS) is 11.8. The van der Waals surface area contributed by atoms with Gasteiger partial charge in [0.25, 0.3) is 0 Å². The second-order valence-corrected chi connectivity index (χ2v) is 5.33. The third kappa shape index (κ3) is 3.66. The van der Waals surface area contributed by atoms with Gasteiger partial charge >= 0.3 is 0 Å². The van der Waals surface area contributed by atoms with Gasteiger partial charge in [0.05, 0.1) is 29.1 Å². The Balaban J connectivity index is 2.34. The molecule has 108 valence electrons. The average Bonchev–Trinajstić information content (AvgIpc) is 2.48. The molecule has 5 heteroatoms. The molecule has 1 atom stereocenters. The minimum absolute atomic E-state index is 0.396. The van der Waals surface area contributed by atoms with E-state index in [0.717, 1.165) is 5.56 Å². The number of ether oxygens (including phenoxy) is 1. The number of rotatable bonds is 4. The monoisotopic (exact) mass is 323 g/mol. The van der Waals surface area contributed by atoms with Crippen LogP contribution in [0.25, 0.3) is 0 Å². The Bertz CT molecular complexity index is 697. The number of halogens is 3. The van der Waals surface area contributed by atoms with Crippen molar-refractivity contribution in [3.05, 3.63) is 63.4 Å². The molecule has 2 aromatic rings. The topological polar surface area (TPSA) is 33.0 Å². The van der Waals surface area contributed by atoms with Gasteiger partial charge in [-0.1, -0.05) is 29.3 Å². The molecule has 0 saturated heterocycles. The zero-order valence-corrected chi connectivity index (χ0v) is 12.7. The maximum Gasteiger partial charge on any atom is 0.123 e. The van der Waals surface area contributed by atoms with Crippen molar-refractivity contribution in [2.75, 3.05) is 7.11 Å². The number of nitrogens with zero attached hydrogens (tertiary/aromatic N) is 1. The lowest BCUT2D eigenvalue weighted by molar-refractivity contribution is 0.406. The molecule has 0 saturated carbocycles. The van der Waals surface area contributed by atoms with Crippen LogP contribution in [0.4, 0.5) is 4.39 Å². The van der Waals surface area contributed by atoms with Crippen molar-refractivity contribution in [1.82, 2.24) is 0 Å². The standard InChI is InChI=1S/C16H12Cl2FNO/c1-21-16-5-3-12(19)8-13(16)11(9-20)6-10-2-4-14(17)15(18)7-10/h2-5,7-8,11H,6H2,1H3. The fraction of sp³-hybridized carbons (Fsp3) is 0.188. The second-order valence-electron chi connectivity index (χ2n) is 4.52. The van der Waals surface area contributed by atoms with Crippen molar-refractivity contribution in [3.8, 4) is 11.8 Å². The van der Waals surface area contributed by atoms with Gasteiger partial charge in [-0.05, 0) is 42.3 Å². The summed E-state index contributed by atoms with van der Waals surface area (Å²) < 4.78 is 18.6. The van der Waals surface area contributed by atoms with Crippen LogP contribution >= 0.6 is 23.2 Å². The van der Waals surface area contributed by atoms with Gasteiger partial charge in [0.15, 0.2) is 0 Å². The molecule has 0 radical (unpaired) electrons. The van der Waals surface area contributed by atoms with Gasteiger partial charge in [-0.25, -0.2) is 4.39 Å². The first-order valence-corrected chi connectivity index (χ1v) is 6.97.